The van der Waals surface area contributed by atoms with Gasteiger partial charge in [-0.25, -0.2) is 23.4 Å². The molecule has 0 spiro atoms. The molecule has 0 atom stereocenters. The van der Waals surface area contributed by atoms with Crippen LogP contribution in [0, 0.1) is 5.82 Å². The third-order valence-electron chi connectivity index (χ3n) is 6.20. The van der Waals surface area contributed by atoms with Gasteiger partial charge in [-0.1, -0.05) is 32.9 Å². The summed E-state index contributed by atoms with van der Waals surface area (Å²) in [5.74, 6) is 0.465. The molecule has 0 fully saturated rings. The highest BCUT2D eigenvalue weighted by molar-refractivity contribution is 6.00. The van der Waals surface area contributed by atoms with Crippen molar-refractivity contribution in [1.82, 2.24) is 24.4 Å². The number of nitrogens with two attached hydrogens (primary N) is 1. The van der Waals surface area contributed by atoms with Crippen LogP contribution in [-0.2, 0) is 16.8 Å². The normalized spacial score (nSPS) is 11.6. The van der Waals surface area contributed by atoms with Crippen LogP contribution in [0.2, 0.25) is 0 Å². The summed E-state index contributed by atoms with van der Waals surface area (Å²) >= 11 is 0. The highest BCUT2D eigenvalue weighted by Gasteiger charge is 2.22. The van der Waals surface area contributed by atoms with Gasteiger partial charge in [0.1, 0.15) is 23.5 Å². The molecule has 0 aliphatic heterocycles. The van der Waals surface area contributed by atoms with Crippen LogP contribution < -0.4 is 16.4 Å². The second kappa shape index (κ2) is 10.2. The summed E-state index contributed by atoms with van der Waals surface area (Å²) in [5, 5.41) is 14.6. The average molecular weight is 529 g/mol. The summed E-state index contributed by atoms with van der Waals surface area (Å²) in [6, 6.07) is 14.7. The maximum Gasteiger partial charge on any atom is 0.324 e. The largest absolute Gasteiger partial charge is 0.382 e. The Bertz CT molecular complexity index is 1630. The summed E-state index contributed by atoms with van der Waals surface area (Å²) in [5.41, 5.74) is 11.2. The van der Waals surface area contributed by atoms with E-state index in [1.807, 2.05) is 45.2 Å². The van der Waals surface area contributed by atoms with Crippen LogP contribution in [0.4, 0.5) is 26.5 Å². The van der Waals surface area contributed by atoms with Crippen molar-refractivity contribution in [2.75, 3.05) is 23.5 Å². The van der Waals surface area contributed by atoms with Gasteiger partial charge in [0.15, 0.2) is 5.82 Å². The lowest BCUT2D eigenvalue weighted by Gasteiger charge is -2.14. The van der Waals surface area contributed by atoms with E-state index in [-0.39, 0.29) is 11.2 Å². The highest BCUT2D eigenvalue weighted by Crippen LogP contribution is 2.33. The van der Waals surface area contributed by atoms with E-state index < -0.39 is 6.03 Å². The molecule has 5 aromatic rings. The molecule has 11 heteroatoms. The highest BCUT2D eigenvalue weighted by atomic mass is 19.1. The molecule has 4 N–H and O–H groups in total. The zero-order valence-corrected chi connectivity index (χ0v) is 22.1. The summed E-state index contributed by atoms with van der Waals surface area (Å²) < 4.78 is 22.1. The van der Waals surface area contributed by atoms with Crippen molar-refractivity contribution in [3.05, 3.63) is 84.2 Å². The van der Waals surface area contributed by atoms with E-state index in [9.17, 15) is 9.18 Å². The Morgan fingerprint density at radius 2 is 1.79 bits per heavy atom. The first-order valence-electron chi connectivity index (χ1n) is 12.3. The number of nitrogens with one attached hydrogen (secondary N) is 2. The zero-order chi connectivity index (χ0) is 27.7. The topological polar surface area (TPSA) is 124 Å². The third kappa shape index (κ3) is 5.30. The number of methoxy groups -OCH3 is 1. The minimum Gasteiger partial charge on any atom is -0.382 e. The second-order valence-electron chi connectivity index (χ2n) is 10.1. The molecule has 0 saturated carbocycles. The number of carbonyl (C=O) groups is 1. The average Bonchev–Trinajstić information content (AvgIpc) is 3.48. The fourth-order valence-electron chi connectivity index (χ4n) is 4.29. The summed E-state index contributed by atoms with van der Waals surface area (Å²) in [4.78, 5) is 17.1. The number of anilines is 3. The van der Waals surface area contributed by atoms with Gasteiger partial charge in [-0.3, -0.25) is 5.32 Å². The van der Waals surface area contributed by atoms with Crippen molar-refractivity contribution >= 4 is 28.9 Å². The van der Waals surface area contributed by atoms with Crippen LogP contribution in [-0.4, -0.2) is 37.5 Å². The quantitative estimate of drug-likeness (QED) is 0.271. The van der Waals surface area contributed by atoms with Gasteiger partial charge in [-0.2, -0.15) is 10.2 Å². The Morgan fingerprint density at radius 3 is 2.46 bits per heavy atom. The molecule has 10 nitrogen and oxygen atoms in total. The van der Waals surface area contributed by atoms with Crippen molar-refractivity contribution in [2.24, 2.45) is 0 Å². The van der Waals surface area contributed by atoms with Crippen molar-refractivity contribution < 1.29 is 13.9 Å². The van der Waals surface area contributed by atoms with Crippen molar-refractivity contribution in [1.29, 1.82) is 0 Å². The number of fused-ring (bicyclic) bond motifs is 1. The number of hydrogen-bond donors (Lipinski definition) is 3. The van der Waals surface area contributed by atoms with Crippen LogP contribution in [0.1, 0.15) is 32.0 Å². The Labute approximate surface area is 224 Å². The molecule has 0 bridgehead atoms. The summed E-state index contributed by atoms with van der Waals surface area (Å²) in [7, 11) is 1.62. The molecule has 39 heavy (non-hydrogen) atoms. The zero-order valence-electron chi connectivity index (χ0n) is 22.1. The molecule has 0 saturated heterocycles. The summed E-state index contributed by atoms with van der Waals surface area (Å²) in [6.45, 7) is 6.46. The lowest BCUT2D eigenvalue weighted by molar-refractivity contribution is 0.185. The predicted molar refractivity (Wildman–Crippen MR) is 148 cm³/mol. The number of amides is 2. The van der Waals surface area contributed by atoms with Gasteiger partial charge in [0.2, 0.25) is 0 Å². The number of carbonyl (C=O) groups excluding carboxylic acids is 1. The molecule has 5 rings (SSSR count). The van der Waals surface area contributed by atoms with E-state index in [1.165, 1.54) is 18.5 Å². The van der Waals surface area contributed by atoms with Gasteiger partial charge in [0.25, 0.3) is 0 Å². The van der Waals surface area contributed by atoms with Crippen LogP contribution in [0.5, 0.6) is 0 Å². The molecule has 2 aromatic carbocycles. The van der Waals surface area contributed by atoms with Crippen LogP contribution in [0.3, 0.4) is 0 Å². The first kappa shape index (κ1) is 25.9. The van der Waals surface area contributed by atoms with Crippen LogP contribution >= 0.6 is 0 Å². The fourth-order valence-corrected chi connectivity index (χ4v) is 4.29. The van der Waals surface area contributed by atoms with E-state index in [2.05, 4.69) is 25.8 Å². The minimum absolute atomic E-state index is 0.257. The Morgan fingerprint density at radius 1 is 1.08 bits per heavy atom. The number of halogens is 1. The second-order valence-corrected chi connectivity index (χ2v) is 10.1. The lowest BCUT2D eigenvalue weighted by Crippen LogP contribution is -2.21. The molecule has 0 unspecified atom stereocenters. The van der Waals surface area contributed by atoms with Crippen molar-refractivity contribution in [2.45, 2.75) is 32.8 Å². The third-order valence-corrected chi connectivity index (χ3v) is 6.20. The number of nitrogen functional groups attached to an aromatic ring is 1. The van der Waals surface area contributed by atoms with Crippen molar-refractivity contribution in [3.63, 3.8) is 0 Å². The molecule has 0 aliphatic carbocycles. The van der Waals surface area contributed by atoms with Crippen LogP contribution in [0.15, 0.2) is 67.1 Å². The fraction of sp³-hybridized carbons (Fsp3) is 0.214. The van der Waals surface area contributed by atoms with E-state index in [0.29, 0.717) is 35.1 Å². The molecular formula is C28H29FN8O2. The number of hydrogen-bond acceptors (Lipinski definition) is 6. The Hall–Kier alpha value is -4.77. The number of nitrogens with zero attached hydrogens (tertiary/aromatic N) is 5. The monoisotopic (exact) mass is 528 g/mol. The lowest BCUT2D eigenvalue weighted by atomic mass is 9.92. The number of aromatic nitrogens is 5. The number of urea groups is 1. The maximum absolute atomic E-state index is 13.5. The SMILES string of the molecule is COCc1cn2ncnc(N)c2c1-c1ccc(NC(=O)Nc2cc(C(C)(C)C)nn2-c2ccc(F)cc2)cc1. The van der Waals surface area contributed by atoms with Gasteiger partial charge in [0, 0.05) is 41.6 Å². The van der Waals surface area contributed by atoms with E-state index in [0.717, 1.165) is 22.4 Å². The van der Waals surface area contributed by atoms with E-state index in [4.69, 9.17) is 10.5 Å². The van der Waals surface area contributed by atoms with Gasteiger partial charge in [-0.05, 0) is 42.0 Å². The first-order chi connectivity index (χ1) is 18.6. The van der Waals surface area contributed by atoms with Crippen molar-refractivity contribution in [3.8, 4) is 16.8 Å². The molecular weight excluding hydrogens is 499 g/mol. The standard InChI is InChI=1S/C28H29FN8O2/c1-28(2,3)22-13-23(37(35-22)21-11-7-19(29)8-12-21)34-27(38)33-20-9-5-17(6-10-20)24-18(15-39-4)14-36-25(24)26(30)31-16-32-36/h5-14,16H,15H2,1-4H3,(H2,30,31,32)(H2,33,34,38). The van der Waals surface area contributed by atoms with Gasteiger partial charge in [-0.15, -0.1) is 0 Å². The van der Waals surface area contributed by atoms with E-state index in [1.54, 1.807) is 40.6 Å². The minimum atomic E-state index is -0.446. The summed E-state index contributed by atoms with van der Waals surface area (Å²) in [6.07, 6.45) is 3.27. The number of rotatable bonds is 6. The molecule has 3 aromatic heterocycles. The Kier molecular flexibility index (Phi) is 6.75. The molecule has 0 aliphatic rings. The molecule has 200 valence electrons. The smallest absolute Gasteiger partial charge is 0.324 e. The van der Waals surface area contributed by atoms with Gasteiger partial charge >= 0.3 is 6.03 Å². The number of benzene rings is 2. The maximum atomic E-state index is 13.5. The molecule has 3 heterocycles. The number of ether oxygens (including phenoxy) is 1. The predicted octanol–water partition coefficient (Wildman–Crippen LogP) is 5.39. The van der Waals surface area contributed by atoms with E-state index >= 15 is 0 Å². The van der Waals surface area contributed by atoms with Crippen LogP contribution in [0.25, 0.3) is 22.3 Å². The molecule has 2 amide bonds. The Balaban J connectivity index is 1.39. The first-order valence-corrected chi connectivity index (χ1v) is 12.3. The van der Waals surface area contributed by atoms with Gasteiger partial charge in [0.05, 0.1) is 18.0 Å². The van der Waals surface area contributed by atoms with Gasteiger partial charge < -0.3 is 15.8 Å². The molecule has 0 radical (unpaired) electrons.